The lowest BCUT2D eigenvalue weighted by Gasteiger charge is -2.35. The molecule has 202 valence electrons. The summed E-state index contributed by atoms with van der Waals surface area (Å²) in [6.45, 7) is 11.7. The molecule has 0 radical (unpaired) electrons. The van der Waals surface area contributed by atoms with Crippen molar-refractivity contribution in [2.45, 2.75) is 98.2 Å². The van der Waals surface area contributed by atoms with Crippen LogP contribution in [0.3, 0.4) is 0 Å². The quantitative estimate of drug-likeness (QED) is 0.343. The van der Waals surface area contributed by atoms with Gasteiger partial charge in [0.05, 0.1) is 40.8 Å². The average Bonchev–Trinajstić information content (AvgIpc) is 3.22. The molecule has 1 aliphatic rings. The van der Waals surface area contributed by atoms with Crippen LogP contribution in [0.25, 0.3) is 6.08 Å². The molecule has 0 aliphatic carbocycles. The van der Waals surface area contributed by atoms with E-state index >= 15 is 0 Å². The third-order valence-electron chi connectivity index (χ3n) is 7.23. The summed E-state index contributed by atoms with van der Waals surface area (Å²) in [6.07, 6.45) is -1.98. The minimum absolute atomic E-state index is 0.0780. The number of thiazole rings is 1. The smallest absolute Gasteiger partial charge is 0.309 e. The van der Waals surface area contributed by atoms with Crippen molar-refractivity contribution in [2.24, 2.45) is 17.3 Å². The first kappa shape index (κ1) is 30.3. The number of rotatable bonds is 2. The molecule has 9 heteroatoms. The number of aromatic nitrogens is 1. The number of hydrogen-bond acceptors (Lipinski definition) is 9. The second-order valence-corrected chi connectivity index (χ2v) is 11.7. The Morgan fingerprint density at radius 3 is 2.39 bits per heavy atom. The second kappa shape index (κ2) is 12.6. The van der Waals surface area contributed by atoms with Gasteiger partial charge in [-0.25, -0.2) is 4.98 Å². The zero-order valence-electron chi connectivity index (χ0n) is 22.3. The standard InChI is InChI=1S/C27H41NO7S/c1-14-8-9-21(15(2)10-19-13-36-18(5)28-19)35-23(31)12-22(30)27(6,7)26(34)17(4)24(32)16(3)11-20(29)25(14)33/h8,10,13,16-17,20-22,24-25,29-30,32-33H,9,11-12H2,1-7H3/b14-8-,15-10+/t16-,17+,20?,21-,22-,24-,25?/m0/s1. The zero-order chi connectivity index (χ0) is 27.4. The van der Waals surface area contributed by atoms with E-state index in [9.17, 15) is 30.0 Å². The van der Waals surface area contributed by atoms with Crippen LogP contribution in [0.2, 0.25) is 0 Å². The molecule has 2 unspecified atom stereocenters. The largest absolute Gasteiger partial charge is 0.457 e. The van der Waals surface area contributed by atoms with E-state index in [0.29, 0.717) is 5.57 Å². The predicted molar refractivity (Wildman–Crippen MR) is 139 cm³/mol. The Morgan fingerprint density at radius 2 is 1.81 bits per heavy atom. The van der Waals surface area contributed by atoms with Crippen LogP contribution >= 0.6 is 11.3 Å². The molecule has 0 spiro atoms. The van der Waals surface area contributed by atoms with Crippen LogP contribution in [0.15, 0.2) is 22.6 Å². The number of cyclic esters (lactones) is 1. The van der Waals surface area contributed by atoms with E-state index in [1.165, 1.54) is 11.3 Å². The maximum absolute atomic E-state index is 13.2. The van der Waals surface area contributed by atoms with Crippen molar-refractivity contribution in [2.75, 3.05) is 0 Å². The SMILES string of the molecule is C/C1=C/C[C@@H](/C(C)=C/c2csc(C)n2)OC(=O)C[C@H](O)C(C)(C)C(=O)[C@H](C)[C@@H](O)[C@@H](C)CC(O)C1O. The summed E-state index contributed by atoms with van der Waals surface area (Å²) in [5.74, 6) is -2.41. The van der Waals surface area contributed by atoms with Gasteiger partial charge < -0.3 is 25.2 Å². The fourth-order valence-electron chi connectivity index (χ4n) is 4.48. The fraction of sp³-hybridized carbons (Fsp3) is 0.667. The molecule has 0 aromatic carbocycles. The third kappa shape index (κ3) is 7.55. The zero-order valence-corrected chi connectivity index (χ0v) is 23.1. The molecule has 0 bridgehead atoms. The highest BCUT2D eigenvalue weighted by molar-refractivity contribution is 7.09. The Kier molecular flexibility index (Phi) is 10.6. The van der Waals surface area contributed by atoms with Crippen LogP contribution in [0.4, 0.5) is 0 Å². The van der Waals surface area contributed by atoms with Gasteiger partial charge in [-0.2, -0.15) is 0 Å². The van der Waals surface area contributed by atoms with Gasteiger partial charge in [0.2, 0.25) is 0 Å². The maximum atomic E-state index is 13.2. The van der Waals surface area contributed by atoms with Crippen LogP contribution < -0.4 is 0 Å². The lowest BCUT2D eigenvalue weighted by molar-refractivity contribution is -0.154. The van der Waals surface area contributed by atoms with Crippen LogP contribution in [0, 0.1) is 24.2 Å². The molecule has 0 fully saturated rings. The van der Waals surface area contributed by atoms with Crippen LogP contribution in [-0.4, -0.2) is 67.7 Å². The lowest BCUT2D eigenvalue weighted by atomic mass is 9.72. The molecule has 7 atom stereocenters. The van der Waals surface area contributed by atoms with Gasteiger partial charge in [-0.15, -0.1) is 11.3 Å². The fourth-order valence-corrected chi connectivity index (χ4v) is 5.05. The number of Topliss-reactive ketones (excluding diaryl/α,β-unsaturated/α-hetero) is 1. The average molecular weight is 524 g/mol. The molecule has 0 saturated heterocycles. The van der Waals surface area contributed by atoms with Crippen molar-refractivity contribution in [3.63, 3.8) is 0 Å². The number of ether oxygens (including phenoxy) is 1. The van der Waals surface area contributed by atoms with E-state index in [1.54, 1.807) is 40.7 Å². The van der Waals surface area contributed by atoms with Crippen LogP contribution in [0.5, 0.6) is 0 Å². The Balaban J connectivity index is 2.43. The molecule has 2 rings (SSSR count). The first-order valence-corrected chi connectivity index (χ1v) is 13.3. The van der Waals surface area contributed by atoms with Crippen molar-refractivity contribution < 1.29 is 34.8 Å². The van der Waals surface area contributed by atoms with E-state index in [-0.39, 0.29) is 19.3 Å². The first-order chi connectivity index (χ1) is 16.6. The number of carbonyl (C=O) groups is 2. The molecule has 0 saturated carbocycles. The number of aliphatic hydroxyl groups is 4. The molecule has 4 N–H and O–H groups in total. The lowest BCUT2D eigenvalue weighted by Crippen LogP contribution is -2.46. The van der Waals surface area contributed by atoms with Gasteiger partial charge >= 0.3 is 5.97 Å². The normalized spacial score (nSPS) is 35.1. The summed E-state index contributed by atoms with van der Waals surface area (Å²) in [4.78, 5) is 30.5. The van der Waals surface area contributed by atoms with Crippen molar-refractivity contribution >= 4 is 29.2 Å². The molecule has 36 heavy (non-hydrogen) atoms. The van der Waals surface area contributed by atoms with Crippen molar-refractivity contribution in [3.05, 3.63) is 33.3 Å². The van der Waals surface area contributed by atoms with E-state index in [0.717, 1.165) is 16.3 Å². The molecular weight excluding hydrogens is 482 g/mol. The highest BCUT2D eigenvalue weighted by Gasteiger charge is 2.42. The number of aryl methyl sites for hydroxylation is 1. The van der Waals surface area contributed by atoms with E-state index in [2.05, 4.69) is 4.98 Å². The third-order valence-corrected chi connectivity index (χ3v) is 8.02. The van der Waals surface area contributed by atoms with Gasteiger partial charge in [0.15, 0.2) is 0 Å². The summed E-state index contributed by atoms with van der Waals surface area (Å²) in [6, 6.07) is 0. The molecule has 1 aliphatic heterocycles. The number of carbonyl (C=O) groups excluding carboxylic acids is 2. The van der Waals surface area contributed by atoms with Gasteiger partial charge in [-0.05, 0) is 50.3 Å². The molecular formula is C27H41NO7S. The Morgan fingerprint density at radius 1 is 1.17 bits per heavy atom. The Labute approximate surface area is 217 Å². The van der Waals surface area contributed by atoms with Crippen LogP contribution in [-0.2, 0) is 14.3 Å². The van der Waals surface area contributed by atoms with Crippen molar-refractivity contribution in [3.8, 4) is 0 Å². The van der Waals surface area contributed by atoms with E-state index in [4.69, 9.17) is 4.74 Å². The van der Waals surface area contributed by atoms with Crippen LogP contribution in [0.1, 0.15) is 71.5 Å². The number of hydrogen-bond donors (Lipinski definition) is 4. The molecule has 1 aromatic rings. The number of nitrogens with zero attached hydrogens (tertiary/aromatic N) is 1. The van der Waals surface area contributed by atoms with Gasteiger partial charge in [0, 0.05) is 17.7 Å². The summed E-state index contributed by atoms with van der Waals surface area (Å²) in [5, 5.41) is 45.7. The minimum Gasteiger partial charge on any atom is -0.457 e. The highest BCUT2D eigenvalue weighted by atomic mass is 32.1. The van der Waals surface area contributed by atoms with Gasteiger partial charge in [-0.1, -0.05) is 33.8 Å². The molecule has 2 heterocycles. The summed E-state index contributed by atoms with van der Waals surface area (Å²) < 4.78 is 5.73. The predicted octanol–water partition coefficient (Wildman–Crippen LogP) is 3.21. The van der Waals surface area contributed by atoms with Gasteiger partial charge in [0.25, 0.3) is 0 Å². The van der Waals surface area contributed by atoms with Gasteiger partial charge in [0.1, 0.15) is 18.0 Å². The van der Waals surface area contributed by atoms with Crippen molar-refractivity contribution in [1.82, 2.24) is 4.98 Å². The summed E-state index contributed by atoms with van der Waals surface area (Å²) >= 11 is 1.50. The monoisotopic (exact) mass is 523 g/mol. The molecule has 8 nitrogen and oxygen atoms in total. The number of ketones is 1. The topological polar surface area (TPSA) is 137 Å². The summed E-state index contributed by atoms with van der Waals surface area (Å²) in [7, 11) is 0. The van der Waals surface area contributed by atoms with E-state index < -0.39 is 59.5 Å². The molecule has 1 aromatic heterocycles. The van der Waals surface area contributed by atoms with Gasteiger partial charge in [-0.3, -0.25) is 9.59 Å². The highest BCUT2D eigenvalue weighted by Crippen LogP contribution is 2.32. The second-order valence-electron chi connectivity index (χ2n) is 10.7. The van der Waals surface area contributed by atoms with Crippen molar-refractivity contribution in [1.29, 1.82) is 0 Å². The maximum Gasteiger partial charge on any atom is 0.309 e. The Hall–Kier alpha value is -1.91. The first-order valence-electron chi connectivity index (χ1n) is 12.4. The minimum atomic E-state index is -1.32. The number of esters is 1. The number of aliphatic hydroxyl groups excluding tert-OH is 4. The Bertz CT molecular complexity index is 983. The van der Waals surface area contributed by atoms with E-state index in [1.807, 2.05) is 25.3 Å². The molecule has 0 amide bonds. The summed E-state index contributed by atoms with van der Waals surface area (Å²) in [5.41, 5.74) is 0.648.